The summed E-state index contributed by atoms with van der Waals surface area (Å²) >= 11 is 0. The summed E-state index contributed by atoms with van der Waals surface area (Å²) < 4.78 is 22.6. The van der Waals surface area contributed by atoms with E-state index in [1.54, 1.807) is 18.2 Å². The van der Waals surface area contributed by atoms with Crippen LogP contribution in [0.25, 0.3) is 22.0 Å². The number of furan rings is 2. The minimum Gasteiger partial charge on any atom is -0.463 e. The van der Waals surface area contributed by atoms with Crippen LogP contribution in [-0.4, -0.2) is 30.7 Å². The zero-order valence-electron chi connectivity index (χ0n) is 14.1. The number of fused-ring (bicyclic) bond motifs is 3. The maximum Gasteiger partial charge on any atom is 0.374 e. The molecule has 0 spiro atoms. The van der Waals surface area contributed by atoms with Crippen LogP contribution in [-0.2, 0) is 16.0 Å². The molecule has 1 aromatic carbocycles. The topological polar surface area (TPSA) is 83.8 Å². The summed E-state index contributed by atoms with van der Waals surface area (Å²) in [5.74, 6) is -0.226. The minimum atomic E-state index is -0.539. The molecule has 4 aromatic rings. The number of benzene rings is 1. The van der Waals surface area contributed by atoms with Crippen LogP contribution in [0.5, 0.6) is 0 Å². The molecular weight excluding hydrogens is 338 g/mol. The molecule has 132 valence electrons. The Kier molecular flexibility index (Phi) is 3.76. The van der Waals surface area contributed by atoms with E-state index in [0.29, 0.717) is 17.9 Å². The van der Waals surface area contributed by atoms with Crippen molar-refractivity contribution >= 4 is 33.9 Å². The van der Waals surface area contributed by atoms with Crippen LogP contribution in [0.2, 0.25) is 0 Å². The smallest absolute Gasteiger partial charge is 0.374 e. The number of methoxy groups -OCH3 is 2. The normalized spacial score (nSPS) is 11.2. The van der Waals surface area contributed by atoms with E-state index in [0.717, 1.165) is 16.4 Å². The zero-order chi connectivity index (χ0) is 18.3. The molecule has 0 aliphatic rings. The van der Waals surface area contributed by atoms with Crippen LogP contribution < -0.4 is 0 Å². The van der Waals surface area contributed by atoms with Gasteiger partial charge in [0.2, 0.25) is 11.5 Å². The fourth-order valence-corrected chi connectivity index (χ4v) is 3.01. The number of aromatic nitrogens is 1. The summed E-state index contributed by atoms with van der Waals surface area (Å²) in [6.07, 6.45) is 0. The third kappa shape index (κ3) is 2.45. The molecule has 0 bridgehead atoms. The van der Waals surface area contributed by atoms with E-state index < -0.39 is 11.9 Å². The van der Waals surface area contributed by atoms with Gasteiger partial charge in [-0.3, -0.25) is 0 Å². The first-order valence-electron chi connectivity index (χ1n) is 7.88. The Bertz CT molecular complexity index is 1130. The van der Waals surface area contributed by atoms with Crippen LogP contribution in [0.4, 0.5) is 0 Å². The second-order valence-corrected chi connectivity index (χ2v) is 5.68. The maximum atomic E-state index is 11.8. The highest BCUT2D eigenvalue weighted by atomic mass is 16.5. The van der Waals surface area contributed by atoms with Crippen molar-refractivity contribution in [1.82, 2.24) is 4.57 Å². The summed E-state index contributed by atoms with van der Waals surface area (Å²) in [7, 11) is 2.60. The minimum absolute atomic E-state index is 0.131. The van der Waals surface area contributed by atoms with Gasteiger partial charge in [-0.15, -0.1) is 0 Å². The van der Waals surface area contributed by atoms with Crippen molar-refractivity contribution in [3.8, 4) is 0 Å². The van der Waals surface area contributed by atoms with E-state index >= 15 is 0 Å². The number of carbonyl (C=O) groups excluding carboxylic acids is 2. The number of ether oxygens (including phenoxy) is 2. The number of carbonyl (C=O) groups is 2. The highest BCUT2D eigenvalue weighted by Crippen LogP contribution is 2.32. The van der Waals surface area contributed by atoms with E-state index in [2.05, 4.69) is 4.74 Å². The quantitative estimate of drug-likeness (QED) is 0.521. The largest absolute Gasteiger partial charge is 0.463 e. The van der Waals surface area contributed by atoms with Gasteiger partial charge in [-0.1, -0.05) is 12.1 Å². The predicted molar refractivity (Wildman–Crippen MR) is 92.2 cm³/mol. The Morgan fingerprint density at radius 1 is 0.923 bits per heavy atom. The van der Waals surface area contributed by atoms with Gasteiger partial charge in [0, 0.05) is 11.5 Å². The van der Waals surface area contributed by atoms with Gasteiger partial charge in [-0.05, 0) is 24.3 Å². The molecule has 26 heavy (non-hydrogen) atoms. The molecule has 3 heterocycles. The Balaban J connectivity index is 1.84. The highest BCUT2D eigenvalue weighted by molar-refractivity contribution is 6.07. The van der Waals surface area contributed by atoms with E-state index in [1.807, 2.05) is 28.8 Å². The summed E-state index contributed by atoms with van der Waals surface area (Å²) in [5, 5.41) is 0.873. The Morgan fingerprint density at radius 2 is 1.65 bits per heavy atom. The molecule has 7 heteroatoms. The molecule has 0 atom stereocenters. The molecule has 0 aliphatic heterocycles. The summed E-state index contributed by atoms with van der Waals surface area (Å²) in [6.45, 7) is 0.362. The van der Waals surface area contributed by atoms with E-state index in [4.69, 9.17) is 13.6 Å². The Hall–Kier alpha value is -3.48. The van der Waals surface area contributed by atoms with Gasteiger partial charge < -0.3 is 22.9 Å². The molecule has 0 fully saturated rings. The lowest BCUT2D eigenvalue weighted by Gasteiger charge is -2.04. The van der Waals surface area contributed by atoms with Gasteiger partial charge in [0.15, 0.2) is 5.58 Å². The van der Waals surface area contributed by atoms with Gasteiger partial charge in [-0.2, -0.15) is 0 Å². The van der Waals surface area contributed by atoms with E-state index in [1.165, 1.54) is 14.2 Å². The van der Waals surface area contributed by atoms with Crippen LogP contribution in [0, 0.1) is 0 Å². The van der Waals surface area contributed by atoms with Gasteiger partial charge >= 0.3 is 11.9 Å². The van der Waals surface area contributed by atoms with Crippen molar-refractivity contribution in [2.24, 2.45) is 0 Å². The van der Waals surface area contributed by atoms with Crippen LogP contribution in [0.15, 0.2) is 51.3 Å². The SMILES string of the molecule is COC(=O)c1ccc(Cn2c3ccccc3c3oc(C(=O)OC)cc32)o1. The highest BCUT2D eigenvalue weighted by Gasteiger charge is 2.20. The van der Waals surface area contributed by atoms with Crippen LogP contribution in [0.1, 0.15) is 26.9 Å². The average Bonchev–Trinajstić information content (AvgIpc) is 3.37. The second-order valence-electron chi connectivity index (χ2n) is 5.68. The first kappa shape index (κ1) is 16.0. The number of nitrogens with zero attached hydrogens (tertiary/aromatic N) is 1. The van der Waals surface area contributed by atoms with E-state index in [-0.39, 0.29) is 11.5 Å². The third-order valence-corrected chi connectivity index (χ3v) is 4.19. The van der Waals surface area contributed by atoms with Crippen molar-refractivity contribution in [2.75, 3.05) is 14.2 Å². The summed E-state index contributed by atoms with van der Waals surface area (Å²) in [4.78, 5) is 23.4. The van der Waals surface area contributed by atoms with Gasteiger partial charge in [0.1, 0.15) is 5.76 Å². The summed E-state index contributed by atoms with van der Waals surface area (Å²) in [5.41, 5.74) is 2.26. The molecule has 0 saturated heterocycles. The molecule has 0 aliphatic carbocycles. The Morgan fingerprint density at radius 3 is 2.42 bits per heavy atom. The fraction of sp³-hybridized carbons (Fsp3) is 0.158. The lowest BCUT2D eigenvalue weighted by atomic mass is 10.2. The predicted octanol–water partition coefficient (Wildman–Crippen LogP) is 3.60. The molecule has 0 unspecified atom stereocenters. The number of rotatable bonds is 4. The molecule has 0 radical (unpaired) electrons. The molecule has 7 nitrogen and oxygen atoms in total. The second kappa shape index (κ2) is 6.11. The monoisotopic (exact) mass is 353 g/mol. The van der Waals surface area contributed by atoms with Crippen molar-refractivity contribution in [2.45, 2.75) is 6.54 Å². The molecule has 0 saturated carbocycles. The van der Waals surface area contributed by atoms with Gasteiger partial charge in [0.05, 0.1) is 31.8 Å². The third-order valence-electron chi connectivity index (χ3n) is 4.19. The molecule has 0 N–H and O–H groups in total. The zero-order valence-corrected chi connectivity index (χ0v) is 14.1. The fourth-order valence-electron chi connectivity index (χ4n) is 3.01. The van der Waals surface area contributed by atoms with Crippen molar-refractivity contribution in [1.29, 1.82) is 0 Å². The van der Waals surface area contributed by atoms with Crippen LogP contribution in [0.3, 0.4) is 0 Å². The van der Waals surface area contributed by atoms with Gasteiger partial charge in [-0.25, -0.2) is 9.59 Å². The number of hydrogen-bond acceptors (Lipinski definition) is 6. The van der Waals surface area contributed by atoms with Crippen LogP contribution >= 0.6 is 0 Å². The summed E-state index contributed by atoms with van der Waals surface area (Å²) in [6, 6.07) is 12.6. The van der Waals surface area contributed by atoms with Gasteiger partial charge in [0.25, 0.3) is 0 Å². The maximum absolute atomic E-state index is 11.8. The number of esters is 2. The molecular formula is C19H15NO6. The Labute approximate surface area is 147 Å². The average molecular weight is 353 g/mol. The lowest BCUT2D eigenvalue weighted by Crippen LogP contribution is -2.01. The number of para-hydroxylation sites is 1. The van der Waals surface area contributed by atoms with E-state index in [9.17, 15) is 9.59 Å². The van der Waals surface area contributed by atoms with Crippen molar-refractivity contribution < 1.29 is 27.9 Å². The van der Waals surface area contributed by atoms with Crippen molar-refractivity contribution in [3.05, 3.63) is 59.7 Å². The first-order chi connectivity index (χ1) is 12.6. The first-order valence-corrected chi connectivity index (χ1v) is 7.88. The molecule has 0 amide bonds. The standard InChI is InChI=1S/C19H15NO6/c1-23-18(21)15-8-7-11(25-15)10-20-13-6-4-3-5-12(13)17-14(20)9-16(26-17)19(22)24-2/h3-9H,10H2,1-2H3. The molecule has 4 rings (SSSR count). The lowest BCUT2D eigenvalue weighted by molar-refractivity contribution is 0.0557. The van der Waals surface area contributed by atoms with Crippen molar-refractivity contribution in [3.63, 3.8) is 0 Å². The number of hydrogen-bond donors (Lipinski definition) is 0. The molecule has 3 aromatic heterocycles.